The normalized spacial score (nSPS) is 16.8. The Labute approximate surface area is 152 Å². The van der Waals surface area contributed by atoms with Gasteiger partial charge in [-0.15, -0.1) is 0 Å². The molecular formula is C18H19ClFNO3S. The van der Waals surface area contributed by atoms with Crippen LogP contribution in [0.3, 0.4) is 0 Å². The van der Waals surface area contributed by atoms with E-state index in [0.29, 0.717) is 25.9 Å². The Morgan fingerprint density at radius 3 is 2.48 bits per heavy atom. The molecule has 1 aliphatic heterocycles. The fraction of sp³-hybridized carbons (Fsp3) is 0.333. The van der Waals surface area contributed by atoms with Gasteiger partial charge in [0.2, 0.25) is 10.0 Å². The molecule has 0 N–H and O–H groups in total. The van der Waals surface area contributed by atoms with Crippen molar-refractivity contribution in [2.75, 3.05) is 20.2 Å². The van der Waals surface area contributed by atoms with E-state index in [1.165, 1.54) is 16.4 Å². The molecule has 1 saturated heterocycles. The Kier molecular flexibility index (Phi) is 5.32. The molecule has 0 aromatic heterocycles. The number of rotatable bonds is 4. The molecule has 0 spiro atoms. The first-order valence-corrected chi connectivity index (χ1v) is 9.83. The topological polar surface area (TPSA) is 46.6 Å². The SMILES string of the molecule is COc1ccccc1C1CCN(S(=O)(=O)c2ccc(F)c(Cl)c2)CC1. The van der Waals surface area contributed by atoms with E-state index in [4.69, 9.17) is 16.3 Å². The number of hydrogen-bond acceptors (Lipinski definition) is 3. The highest BCUT2D eigenvalue weighted by molar-refractivity contribution is 7.89. The number of piperidine rings is 1. The number of hydrogen-bond donors (Lipinski definition) is 0. The molecule has 25 heavy (non-hydrogen) atoms. The third-order valence-corrected chi connectivity index (χ3v) is 6.75. The molecule has 1 fully saturated rings. The van der Waals surface area contributed by atoms with Gasteiger partial charge in [-0.1, -0.05) is 29.8 Å². The summed E-state index contributed by atoms with van der Waals surface area (Å²) in [6.07, 6.45) is 1.41. The molecule has 2 aromatic carbocycles. The van der Waals surface area contributed by atoms with Crippen LogP contribution in [-0.2, 0) is 10.0 Å². The molecule has 7 heteroatoms. The summed E-state index contributed by atoms with van der Waals surface area (Å²) in [4.78, 5) is 0.0228. The molecule has 0 bridgehead atoms. The van der Waals surface area contributed by atoms with Crippen molar-refractivity contribution in [2.24, 2.45) is 0 Å². The predicted molar refractivity (Wildman–Crippen MR) is 95.1 cm³/mol. The van der Waals surface area contributed by atoms with Crippen molar-refractivity contribution in [3.8, 4) is 5.75 Å². The molecule has 1 heterocycles. The van der Waals surface area contributed by atoms with Crippen LogP contribution in [0, 0.1) is 5.82 Å². The summed E-state index contributed by atoms with van der Waals surface area (Å²) in [6, 6.07) is 11.3. The Morgan fingerprint density at radius 2 is 1.84 bits per heavy atom. The first kappa shape index (κ1) is 18.2. The minimum Gasteiger partial charge on any atom is -0.496 e. The lowest BCUT2D eigenvalue weighted by molar-refractivity contribution is 0.313. The molecule has 4 nitrogen and oxygen atoms in total. The van der Waals surface area contributed by atoms with Crippen LogP contribution in [-0.4, -0.2) is 32.9 Å². The first-order valence-electron chi connectivity index (χ1n) is 8.01. The lowest BCUT2D eigenvalue weighted by atomic mass is 9.89. The lowest BCUT2D eigenvalue weighted by Gasteiger charge is -2.32. The zero-order valence-corrected chi connectivity index (χ0v) is 15.4. The number of para-hydroxylation sites is 1. The molecule has 0 aliphatic carbocycles. The second-order valence-corrected chi connectivity index (χ2v) is 8.34. The molecule has 1 aliphatic rings. The average molecular weight is 384 g/mol. The Balaban J connectivity index is 1.76. The van der Waals surface area contributed by atoms with Crippen LogP contribution >= 0.6 is 11.6 Å². The number of methoxy groups -OCH3 is 1. The molecular weight excluding hydrogens is 365 g/mol. The third kappa shape index (κ3) is 3.66. The maximum atomic E-state index is 13.3. The van der Waals surface area contributed by atoms with E-state index < -0.39 is 15.8 Å². The van der Waals surface area contributed by atoms with Crippen LogP contribution in [0.4, 0.5) is 4.39 Å². The van der Waals surface area contributed by atoms with Crippen molar-refractivity contribution in [3.63, 3.8) is 0 Å². The van der Waals surface area contributed by atoms with E-state index in [1.807, 2.05) is 24.3 Å². The molecule has 3 rings (SSSR count). The molecule has 0 atom stereocenters. The summed E-state index contributed by atoms with van der Waals surface area (Å²) >= 11 is 5.72. The third-order valence-electron chi connectivity index (χ3n) is 4.56. The van der Waals surface area contributed by atoms with Gasteiger partial charge in [0.1, 0.15) is 11.6 Å². The van der Waals surface area contributed by atoms with Gasteiger partial charge in [-0.25, -0.2) is 12.8 Å². The fourth-order valence-electron chi connectivity index (χ4n) is 3.20. The van der Waals surface area contributed by atoms with Crippen LogP contribution in [0.15, 0.2) is 47.4 Å². The zero-order valence-electron chi connectivity index (χ0n) is 13.8. The summed E-state index contributed by atoms with van der Waals surface area (Å²) in [5.74, 6) is 0.448. The van der Waals surface area contributed by atoms with Gasteiger partial charge in [0.05, 0.1) is 17.0 Å². The smallest absolute Gasteiger partial charge is 0.243 e. The monoisotopic (exact) mass is 383 g/mol. The van der Waals surface area contributed by atoms with Gasteiger partial charge in [0.25, 0.3) is 0 Å². The zero-order chi connectivity index (χ0) is 18.0. The van der Waals surface area contributed by atoms with Crippen molar-refractivity contribution in [3.05, 3.63) is 58.9 Å². The van der Waals surface area contributed by atoms with E-state index >= 15 is 0 Å². The van der Waals surface area contributed by atoms with E-state index in [-0.39, 0.29) is 15.8 Å². The first-order chi connectivity index (χ1) is 11.9. The van der Waals surface area contributed by atoms with Crippen molar-refractivity contribution in [1.82, 2.24) is 4.31 Å². The Bertz CT molecular complexity index is 864. The van der Waals surface area contributed by atoms with Gasteiger partial charge in [-0.3, -0.25) is 0 Å². The number of halogens is 2. The van der Waals surface area contributed by atoms with Crippen LogP contribution in [0.1, 0.15) is 24.3 Å². The van der Waals surface area contributed by atoms with Crippen LogP contribution in [0.2, 0.25) is 5.02 Å². The number of sulfonamides is 1. The minimum absolute atomic E-state index is 0.0228. The Hall–Kier alpha value is -1.63. The molecule has 0 amide bonds. The summed E-state index contributed by atoms with van der Waals surface area (Å²) in [5, 5.41) is -0.190. The number of ether oxygens (including phenoxy) is 1. The quantitative estimate of drug-likeness (QED) is 0.800. The van der Waals surface area contributed by atoms with Crippen molar-refractivity contribution in [1.29, 1.82) is 0 Å². The molecule has 0 radical (unpaired) electrons. The summed E-state index contributed by atoms with van der Waals surface area (Å²) in [6.45, 7) is 0.806. The maximum Gasteiger partial charge on any atom is 0.243 e. The maximum absolute atomic E-state index is 13.3. The van der Waals surface area contributed by atoms with Crippen molar-refractivity contribution in [2.45, 2.75) is 23.7 Å². The van der Waals surface area contributed by atoms with E-state index in [1.54, 1.807) is 7.11 Å². The highest BCUT2D eigenvalue weighted by atomic mass is 35.5. The largest absolute Gasteiger partial charge is 0.496 e. The summed E-state index contributed by atoms with van der Waals surface area (Å²) in [7, 11) is -2.04. The minimum atomic E-state index is -3.67. The Morgan fingerprint density at radius 1 is 1.16 bits per heavy atom. The van der Waals surface area contributed by atoms with Gasteiger partial charge in [-0.2, -0.15) is 4.31 Å². The van der Waals surface area contributed by atoms with Gasteiger partial charge in [0.15, 0.2) is 0 Å². The average Bonchev–Trinajstić information content (AvgIpc) is 2.64. The van der Waals surface area contributed by atoms with Gasteiger partial charge in [0, 0.05) is 13.1 Å². The second kappa shape index (κ2) is 7.32. The standard InChI is InChI=1S/C18H19ClFNO3S/c1-24-18-5-3-2-4-15(18)13-8-10-21(11-9-13)25(22,23)14-6-7-17(20)16(19)12-14/h2-7,12-13H,8-11H2,1H3. The number of nitrogens with zero attached hydrogens (tertiary/aromatic N) is 1. The van der Waals surface area contributed by atoms with E-state index in [9.17, 15) is 12.8 Å². The highest BCUT2D eigenvalue weighted by Gasteiger charge is 2.31. The second-order valence-electron chi connectivity index (χ2n) is 6.00. The molecule has 0 saturated carbocycles. The molecule has 134 valence electrons. The van der Waals surface area contributed by atoms with Crippen molar-refractivity contribution >= 4 is 21.6 Å². The van der Waals surface area contributed by atoms with E-state index in [0.717, 1.165) is 17.4 Å². The summed E-state index contributed by atoms with van der Waals surface area (Å²) in [5.41, 5.74) is 1.10. The fourth-order valence-corrected chi connectivity index (χ4v) is 4.94. The van der Waals surface area contributed by atoms with Gasteiger partial charge in [-0.05, 0) is 48.6 Å². The van der Waals surface area contributed by atoms with Gasteiger partial charge < -0.3 is 4.74 Å². The predicted octanol–water partition coefficient (Wildman–Crippen LogP) is 4.06. The van der Waals surface area contributed by atoms with Crippen LogP contribution < -0.4 is 4.74 Å². The van der Waals surface area contributed by atoms with Crippen LogP contribution in [0.5, 0.6) is 5.75 Å². The van der Waals surface area contributed by atoms with E-state index in [2.05, 4.69) is 0 Å². The summed E-state index contributed by atoms with van der Waals surface area (Å²) < 4.78 is 45.6. The molecule has 0 unspecified atom stereocenters. The molecule has 2 aromatic rings. The lowest BCUT2D eigenvalue weighted by Crippen LogP contribution is -2.38. The highest BCUT2D eigenvalue weighted by Crippen LogP contribution is 2.35. The van der Waals surface area contributed by atoms with Gasteiger partial charge >= 0.3 is 0 Å². The van der Waals surface area contributed by atoms with Crippen molar-refractivity contribution < 1.29 is 17.5 Å². The number of benzene rings is 2. The van der Waals surface area contributed by atoms with Crippen LogP contribution in [0.25, 0.3) is 0 Å².